The summed E-state index contributed by atoms with van der Waals surface area (Å²) in [5.74, 6) is 3.71. The first-order chi connectivity index (χ1) is 13.1. The molecule has 0 amide bonds. The van der Waals surface area contributed by atoms with E-state index in [0.29, 0.717) is 5.56 Å². The van der Waals surface area contributed by atoms with Crippen molar-refractivity contribution in [3.8, 4) is 11.8 Å². The minimum Gasteiger partial charge on any atom is -0.478 e. The zero-order valence-electron chi connectivity index (χ0n) is 14.8. The van der Waals surface area contributed by atoms with Crippen LogP contribution in [0.1, 0.15) is 27.0 Å². The first-order valence-corrected chi connectivity index (χ1v) is 8.72. The van der Waals surface area contributed by atoms with Crippen LogP contribution in [0.25, 0.3) is 6.08 Å². The number of halogens is 1. The van der Waals surface area contributed by atoms with Crippen LogP contribution in [0.5, 0.6) is 0 Å². The maximum Gasteiger partial charge on any atom is 0.335 e. The highest BCUT2D eigenvalue weighted by molar-refractivity contribution is 5.87. The van der Waals surface area contributed by atoms with Gasteiger partial charge in [0.25, 0.3) is 0 Å². The normalized spacial score (nSPS) is 15.1. The zero-order valence-corrected chi connectivity index (χ0v) is 14.8. The quantitative estimate of drug-likeness (QED) is 0.842. The maximum atomic E-state index is 14.0. The first kappa shape index (κ1) is 18.8. The molecular formula is C22H20FNO3. The summed E-state index contributed by atoms with van der Waals surface area (Å²) in [5, 5.41) is 8.86. The largest absolute Gasteiger partial charge is 0.478 e. The molecule has 0 spiro atoms. The minimum absolute atomic E-state index is 0.163. The van der Waals surface area contributed by atoms with E-state index in [1.165, 1.54) is 23.8 Å². The Hall–Kier alpha value is -2.94. The second-order valence-electron chi connectivity index (χ2n) is 6.25. The lowest BCUT2D eigenvalue weighted by Crippen LogP contribution is -2.35. The van der Waals surface area contributed by atoms with Crippen LogP contribution >= 0.6 is 0 Å². The van der Waals surface area contributed by atoms with E-state index in [1.807, 2.05) is 24.3 Å². The Morgan fingerprint density at radius 1 is 1.11 bits per heavy atom. The van der Waals surface area contributed by atoms with Gasteiger partial charge in [-0.05, 0) is 47.4 Å². The van der Waals surface area contributed by atoms with E-state index in [9.17, 15) is 9.18 Å². The van der Waals surface area contributed by atoms with E-state index in [1.54, 1.807) is 12.1 Å². The highest BCUT2D eigenvalue weighted by Gasteiger charge is 2.10. The minimum atomic E-state index is -1.01. The summed E-state index contributed by atoms with van der Waals surface area (Å²) >= 11 is 0. The molecule has 0 aromatic heterocycles. The van der Waals surface area contributed by atoms with E-state index in [-0.39, 0.29) is 5.56 Å². The van der Waals surface area contributed by atoms with Gasteiger partial charge in [0, 0.05) is 25.2 Å². The molecule has 5 heteroatoms. The number of morpholine rings is 1. The molecule has 1 aliphatic rings. The van der Waals surface area contributed by atoms with Crippen molar-refractivity contribution in [3.05, 3.63) is 76.6 Å². The maximum absolute atomic E-state index is 14.0. The van der Waals surface area contributed by atoms with Gasteiger partial charge in [-0.3, -0.25) is 4.90 Å². The molecule has 27 heavy (non-hydrogen) atoms. The van der Waals surface area contributed by atoms with Crippen LogP contribution in [0.3, 0.4) is 0 Å². The Balaban J connectivity index is 1.61. The Kier molecular flexibility index (Phi) is 6.37. The van der Waals surface area contributed by atoms with E-state index >= 15 is 0 Å². The van der Waals surface area contributed by atoms with Crippen LogP contribution in [-0.2, 0) is 11.3 Å². The Labute approximate surface area is 157 Å². The average molecular weight is 365 g/mol. The van der Waals surface area contributed by atoms with Crippen LogP contribution in [0.2, 0.25) is 0 Å². The summed E-state index contributed by atoms with van der Waals surface area (Å²) in [4.78, 5) is 13.1. The number of rotatable bonds is 4. The Morgan fingerprint density at radius 2 is 1.78 bits per heavy atom. The predicted octanol–water partition coefficient (Wildman–Crippen LogP) is 3.58. The van der Waals surface area contributed by atoms with Crippen LogP contribution in [0, 0.1) is 11.8 Å². The molecule has 3 rings (SSSR count). The fourth-order valence-corrected chi connectivity index (χ4v) is 2.75. The monoisotopic (exact) mass is 365 g/mol. The second kappa shape index (κ2) is 9.13. The molecule has 0 bridgehead atoms. The van der Waals surface area contributed by atoms with Gasteiger partial charge in [-0.1, -0.05) is 30.2 Å². The molecule has 1 fully saturated rings. The summed E-state index contributed by atoms with van der Waals surface area (Å²) in [5.41, 5.74) is 2.66. The summed E-state index contributed by atoms with van der Waals surface area (Å²) in [7, 11) is 0. The molecule has 0 unspecified atom stereocenters. The molecule has 1 heterocycles. The van der Waals surface area contributed by atoms with E-state index in [2.05, 4.69) is 16.7 Å². The number of carbonyl (C=O) groups is 1. The molecule has 138 valence electrons. The van der Waals surface area contributed by atoms with Crippen molar-refractivity contribution in [3.63, 3.8) is 0 Å². The van der Waals surface area contributed by atoms with Crippen molar-refractivity contribution in [2.24, 2.45) is 0 Å². The number of hydrogen-bond acceptors (Lipinski definition) is 3. The Morgan fingerprint density at radius 3 is 2.41 bits per heavy atom. The number of benzene rings is 2. The van der Waals surface area contributed by atoms with Crippen LogP contribution in [-0.4, -0.2) is 42.3 Å². The standard InChI is InChI=1S/C22H20FNO3/c23-21(15-18-5-8-20(9-6-18)22(25)26)10-7-17-1-3-19(4-2-17)16-24-11-13-27-14-12-24/h1-6,8-9,15H,11-14,16H2,(H,25,26)/b21-15-. The predicted molar refractivity (Wildman–Crippen MR) is 102 cm³/mol. The van der Waals surface area contributed by atoms with Gasteiger partial charge in [-0.25, -0.2) is 4.79 Å². The lowest BCUT2D eigenvalue weighted by molar-refractivity contribution is 0.0342. The average Bonchev–Trinajstić information content (AvgIpc) is 2.69. The number of hydrogen-bond donors (Lipinski definition) is 1. The Bertz CT molecular complexity index is 871. The molecule has 2 aromatic carbocycles. The number of aromatic carboxylic acids is 1. The summed E-state index contributed by atoms with van der Waals surface area (Å²) < 4.78 is 19.3. The number of carboxylic acids is 1. The van der Waals surface area contributed by atoms with Gasteiger partial charge in [0.15, 0.2) is 5.83 Å². The van der Waals surface area contributed by atoms with E-state index in [0.717, 1.165) is 38.4 Å². The van der Waals surface area contributed by atoms with Gasteiger partial charge in [-0.2, -0.15) is 4.39 Å². The number of carboxylic acid groups (broad SMARTS) is 1. The van der Waals surface area contributed by atoms with Crippen molar-refractivity contribution >= 4 is 12.0 Å². The smallest absolute Gasteiger partial charge is 0.335 e. The lowest BCUT2D eigenvalue weighted by Gasteiger charge is -2.26. The second-order valence-corrected chi connectivity index (χ2v) is 6.25. The van der Waals surface area contributed by atoms with Crippen LogP contribution in [0.15, 0.2) is 54.4 Å². The molecule has 0 aliphatic carbocycles. The number of ether oxygens (including phenoxy) is 1. The van der Waals surface area contributed by atoms with Crippen molar-refractivity contribution < 1.29 is 19.0 Å². The highest BCUT2D eigenvalue weighted by atomic mass is 19.1. The van der Waals surface area contributed by atoms with Gasteiger partial charge in [0.2, 0.25) is 0 Å². The van der Waals surface area contributed by atoms with Crippen molar-refractivity contribution in [2.45, 2.75) is 6.54 Å². The van der Waals surface area contributed by atoms with Gasteiger partial charge >= 0.3 is 5.97 Å². The van der Waals surface area contributed by atoms with Gasteiger partial charge in [-0.15, -0.1) is 0 Å². The highest BCUT2D eigenvalue weighted by Crippen LogP contribution is 2.11. The van der Waals surface area contributed by atoms with Crippen LogP contribution in [0.4, 0.5) is 4.39 Å². The van der Waals surface area contributed by atoms with Crippen LogP contribution < -0.4 is 0 Å². The third-order valence-electron chi connectivity index (χ3n) is 4.24. The van der Waals surface area contributed by atoms with Crippen molar-refractivity contribution in [1.82, 2.24) is 4.90 Å². The molecule has 1 saturated heterocycles. The van der Waals surface area contributed by atoms with Crippen molar-refractivity contribution in [1.29, 1.82) is 0 Å². The van der Waals surface area contributed by atoms with Gasteiger partial charge in [0.05, 0.1) is 18.8 Å². The van der Waals surface area contributed by atoms with Gasteiger partial charge < -0.3 is 9.84 Å². The summed E-state index contributed by atoms with van der Waals surface area (Å²) in [6, 6.07) is 13.7. The van der Waals surface area contributed by atoms with E-state index in [4.69, 9.17) is 9.84 Å². The third kappa shape index (κ3) is 5.78. The number of allylic oxidation sites excluding steroid dienone is 1. The molecule has 0 radical (unpaired) electrons. The summed E-state index contributed by atoms with van der Waals surface area (Å²) in [6.07, 6.45) is 1.28. The molecule has 2 aromatic rings. The SMILES string of the molecule is O=C(O)c1ccc(/C=C(\F)C#Cc2ccc(CN3CCOCC3)cc2)cc1. The molecular weight excluding hydrogens is 345 g/mol. The molecule has 1 N–H and O–H groups in total. The molecule has 1 aliphatic heterocycles. The fourth-order valence-electron chi connectivity index (χ4n) is 2.75. The lowest BCUT2D eigenvalue weighted by atomic mass is 10.1. The first-order valence-electron chi connectivity index (χ1n) is 8.72. The summed E-state index contributed by atoms with van der Waals surface area (Å²) in [6.45, 7) is 4.29. The van der Waals surface area contributed by atoms with E-state index < -0.39 is 11.8 Å². The fraction of sp³-hybridized carbons (Fsp3) is 0.227. The molecule has 0 saturated carbocycles. The molecule has 4 nitrogen and oxygen atoms in total. The molecule has 0 atom stereocenters. The number of nitrogens with zero attached hydrogens (tertiary/aromatic N) is 1. The topological polar surface area (TPSA) is 49.8 Å². The third-order valence-corrected chi connectivity index (χ3v) is 4.24. The van der Waals surface area contributed by atoms with Crippen molar-refractivity contribution in [2.75, 3.05) is 26.3 Å². The van der Waals surface area contributed by atoms with Gasteiger partial charge in [0.1, 0.15) is 0 Å². The zero-order chi connectivity index (χ0) is 19.1.